The first-order chi connectivity index (χ1) is 9.99. The van der Waals surface area contributed by atoms with Crippen LogP contribution in [0.2, 0.25) is 0 Å². The Labute approximate surface area is 126 Å². The van der Waals surface area contributed by atoms with E-state index in [0.29, 0.717) is 11.3 Å². The van der Waals surface area contributed by atoms with Gasteiger partial charge in [0.25, 0.3) is 0 Å². The van der Waals surface area contributed by atoms with Crippen LogP contribution in [-0.4, -0.2) is 22.6 Å². The molecule has 1 atom stereocenters. The minimum Gasteiger partial charge on any atom is -0.478 e. The molecule has 2 aromatic carbocycles. The molecule has 0 heterocycles. The van der Waals surface area contributed by atoms with Gasteiger partial charge in [-0.15, -0.1) is 11.8 Å². The van der Waals surface area contributed by atoms with E-state index in [4.69, 9.17) is 10.5 Å². The monoisotopic (exact) mass is 305 g/mol. The van der Waals surface area contributed by atoms with E-state index in [1.807, 2.05) is 24.3 Å². The summed E-state index contributed by atoms with van der Waals surface area (Å²) in [4.78, 5) is 22.1. The van der Waals surface area contributed by atoms with Crippen molar-refractivity contribution in [2.45, 2.75) is 18.1 Å². The molecule has 2 aromatic rings. The highest BCUT2D eigenvalue weighted by atomic mass is 32.2. The van der Waals surface area contributed by atoms with Crippen molar-refractivity contribution in [1.82, 2.24) is 0 Å². The van der Waals surface area contributed by atoms with Crippen molar-refractivity contribution in [2.24, 2.45) is 5.73 Å². The maximum absolute atomic E-state index is 11.4. The standard InChI is InChI=1S/C15H15NO4S/c1-9(20-15(16)19)21-8-13-11-5-3-2-4-10(11)6-7-12(13)14(17)18/h2-7,9H,8H2,1H3,(H2,16,19)(H,17,18). The number of aromatic carboxylic acids is 1. The molecular formula is C15H15NO4S. The molecular weight excluding hydrogens is 290 g/mol. The number of ether oxygens (including phenoxy) is 1. The van der Waals surface area contributed by atoms with E-state index in [1.165, 1.54) is 11.8 Å². The van der Waals surface area contributed by atoms with Gasteiger partial charge in [0.15, 0.2) is 0 Å². The van der Waals surface area contributed by atoms with Crippen LogP contribution in [0.5, 0.6) is 0 Å². The second-order valence-electron chi connectivity index (χ2n) is 4.43. The number of nitrogens with two attached hydrogens (primary N) is 1. The maximum atomic E-state index is 11.4. The van der Waals surface area contributed by atoms with E-state index in [9.17, 15) is 14.7 Å². The van der Waals surface area contributed by atoms with Gasteiger partial charge in [0.2, 0.25) is 0 Å². The molecule has 0 saturated carbocycles. The van der Waals surface area contributed by atoms with Gasteiger partial charge < -0.3 is 15.6 Å². The molecule has 0 aliphatic heterocycles. The van der Waals surface area contributed by atoms with Gasteiger partial charge in [-0.2, -0.15) is 0 Å². The smallest absolute Gasteiger partial charge is 0.405 e. The van der Waals surface area contributed by atoms with Crippen LogP contribution in [0.25, 0.3) is 10.8 Å². The molecule has 0 aliphatic carbocycles. The molecule has 0 bridgehead atoms. The number of carboxylic acids is 1. The Balaban J connectivity index is 2.33. The van der Waals surface area contributed by atoms with Crippen molar-refractivity contribution in [3.8, 4) is 0 Å². The summed E-state index contributed by atoms with van der Waals surface area (Å²) in [5.41, 5.74) is 5.49. The topological polar surface area (TPSA) is 89.6 Å². The third-order valence-corrected chi connectivity index (χ3v) is 4.04. The van der Waals surface area contributed by atoms with Crippen LogP contribution in [0, 0.1) is 0 Å². The van der Waals surface area contributed by atoms with Crippen molar-refractivity contribution >= 4 is 34.6 Å². The van der Waals surface area contributed by atoms with Crippen LogP contribution in [0.1, 0.15) is 22.8 Å². The number of carbonyl (C=O) groups is 2. The molecule has 0 aromatic heterocycles. The van der Waals surface area contributed by atoms with Crippen LogP contribution in [-0.2, 0) is 10.5 Å². The van der Waals surface area contributed by atoms with Gasteiger partial charge in [-0.05, 0) is 29.3 Å². The molecule has 0 aliphatic rings. The highest BCUT2D eigenvalue weighted by molar-refractivity contribution is 7.99. The molecule has 0 saturated heterocycles. The molecule has 1 unspecified atom stereocenters. The summed E-state index contributed by atoms with van der Waals surface area (Å²) < 4.78 is 4.84. The summed E-state index contributed by atoms with van der Waals surface area (Å²) in [5, 5.41) is 11.2. The number of rotatable bonds is 5. The van der Waals surface area contributed by atoms with Crippen LogP contribution in [0.3, 0.4) is 0 Å². The van der Waals surface area contributed by atoms with Crippen molar-refractivity contribution in [2.75, 3.05) is 0 Å². The Morgan fingerprint density at radius 1 is 1.29 bits per heavy atom. The zero-order valence-corrected chi connectivity index (χ0v) is 12.2. The van der Waals surface area contributed by atoms with Crippen molar-refractivity contribution < 1.29 is 19.4 Å². The minimum absolute atomic E-state index is 0.257. The fraction of sp³-hybridized carbons (Fsp3) is 0.200. The highest BCUT2D eigenvalue weighted by Crippen LogP contribution is 2.28. The van der Waals surface area contributed by atoms with Gasteiger partial charge in [0, 0.05) is 5.75 Å². The van der Waals surface area contributed by atoms with Crippen LogP contribution < -0.4 is 5.73 Å². The molecule has 3 N–H and O–H groups in total. The number of amides is 1. The lowest BCUT2D eigenvalue weighted by Crippen LogP contribution is -2.18. The molecule has 0 spiro atoms. The number of primary amides is 1. The molecule has 0 radical (unpaired) electrons. The van der Waals surface area contributed by atoms with Gasteiger partial charge in [-0.3, -0.25) is 0 Å². The lowest BCUT2D eigenvalue weighted by atomic mass is 10.0. The second kappa shape index (κ2) is 6.49. The van der Waals surface area contributed by atoms with E-state index in [0.717, 1.165) is 10.8 Å². The molecule has 1 amide bonds. The quantitative estimate of drug-likeness (QED) is 0.828. The minimum atomic E-state index is -0.972. The first-order valence-corrected chi connectivity index (χ1v) is 7.35. The van der Waals surface area contributed by atoms with Crippen LogP contribution in [0.15, 0.2) is 36.4 Å². The Morgan fingerprint density at radius 3 is 2.67 bits per heavy atom. The summed E-state index contributed by atoms with van der Waals surface area (Å²) >= 11 is 1.32. The van der Waals surface area contributed by atoms with Crippen LogP contribution >= 0.6 is 11.8 Å². The van der Waals surface area contributed by atoms with Gasteiger partial charge in [0.1, 0.15) is 5.44 Å². The Hall–Kier alpha value is -2.21. The van der Waals surface area contributed by atoms with Gasteiger partial charge in [-0.25, -0.2) is 9.59 Å². The Bertz CT molecular complexity index is 686. The number of carbonyl (C=O) groups excluding carboxylic acids is 1. The number of thioether (sulfide) groups is 1. The van der Waals surface area contributed by atoms with E-state index < -0.39 is 17.5 Å². The predicted octanol–water partition coefficient (Wildman–Crippen LogP) is 3.21. The van der Waals surface area contributed by atoms with E-state index in [-0.39, 0.29) is 5.56 Å². The third kappa shape index (κ3) is 3.66. The van der Waals surface area contributed by atoms with Crippen molar-refractivity contribution in [3.63, 3.8) is 0 Å². The lowest BCUT2D eigenvalue weighted by molar-refractivity contribution is 0.0696. The van der Waals surface area contributed by atoms with E-state index in [2.05, 4.69) is 0 Å². The largest absolute Gasteiger partial charge is 0.478 e. The maximum Gasteiger partial charge on any atom is 0.405 e. The molecule has 0 fully saturated rings. The predicted molar refractivity (Wildman–Crippen MR) is 82.3 cm³/mol. The fourth-order valence-electron chi connectivity index (χ4n) is 2.09. The fourth-order valence-corrected chi connectivity index (χ4v) is 2.97. The number of carboxylic acid groups (broad SMARTS) is 1. The third-order valence-electron chi connectivity index (χ3n) is 3.02. The lowest BCUT2D eigenvalue weighted by Gasteiger charge is -2.14. The first kappa shape index (κ1) is 15.2. The molecule has 2 rings (SSSR count). The summed E-state index contributed by atoms with van der Waals surface area (Å²) in [7, 11) is 0. The van der Waals surface area contributed by atoms with Crippen molar-refractivity contribution in [3.05, 3.63) is 47.5 Å². The van der Waals surface area contributed by atoms with Gasteiger partial charge in [0.05, 0.1) is 5.56 Å². The number of hydrogen-bond donors (Lipinski definition) is 2. The van der Waals surface area contributed by atoms with E-state index >= 15 is 0 Å². The summed E-state index contributed by atoms with van der Waals surface area (Å²) in [6, 6.07) is 11.0. The zero-order chi connectivity index (χ0) is 15.4. The van der Waals surface area contributed by atoms with Crippen molar-refractivity contribution in [1.29, 1.82) is 0 Å². The second-order valence-corrected chi connectivity index (χ2v) is 5.72. The number of benzene rings is 2. The van der Waals surface area contributed by atoms with E-state index in [1.54, 1.807) is 19.1 Å². The van der Waals surface area contributed by atoms with Gasteiger partial charge >= 0.3 is 12.1 Å². The molecule has 110 valence electrons. The van der Waals surface area contributed by atoms with Crippen LogP contribution in [0.4, 0.5) is 4.79 Å². The summed E-state index contributed by atoms with van der Waals surface area (Å²) in [5.74, 6) is -0.558. The molecule has 5 nitrogen and oxygen atoms in total. The average Bonchev–Trinajstić information content (AvgIpc) is 2.43. The molecule has 6 heteroatoms. The summed E-state index contributed by atoms with van der Waals surface area (Å²) in [6.45, 7) is 1.70. The normalized spacial score (nSPS) is 12.0. The Kier molecular flexibility index (Phi) is 4.70. The summed E-state index contributed by atoms with van der Waals surface area (Å²) in [6.07, 6.45) is -0.841. The van der Waals surface area contributed by atoms with Gasteiger partial charge in [-0.1, -0.05) is 30.3 Å². The molecule has 21 heavy (non-hydrogen) atoms. The highest BCUT2D eigenvalue weighted by Gasteiger charge is 2.15. The zero-order valence-electron chi connectivity index (χ0n) is 11.4. The number of fused-ring (bicyclic) bond motifs is 1. The Morgan fingerprint density at radius 2 is 2.00 bits per heavy atom. The first-order valence-electron chi connectivity index (χ1n) is 6.30. The average molecular weight is 305 g/mol. The SMILES string of the molecule is CC(OC(N)=O)SCc1c(C(=O)O)ccc2ccccc12. The number of hydrogen-bond acceptors (Lipinski definition) is 4.